The lowest BCUT2D eigenvalue weighted by molar-refractivity contribution is -0.147. The molecule has 0 fully saturated rings. The van der Waals surface area contributed by atoms with Gasteiger partial charge in [-0.3, -0.25) is 28.3 Å². The van der Waals surface area contributed by atoms with Gasteiger partial charge in [-0.05, 0) is 20.3 Å². The molecular weight excluding hydrogens is 422 g/mol. The van der Waals surface area contributed by atoms with Gasteiger partial charge in [0.2, 0.25) is 11.8 Å². The Morgan fingerprint density at radius 3 is 2.07 bits per heavy atom. The van der Waals surface area contributed by atoms with Crippen LogP contribution in [0.2, 0.25) is 0 Å². The summed E-state index contributed by atoms with van der Waals surface area (Å²) >= 11 is 3.96. The van der Waals surface area contributed by atoms with Crippen LogP contribution in [0.25, 0.3) is 0 Å². The molecule has 164 valence electrons. The fourth-order valence-corrected chi connectivity index (χ4v) is 1.71. The van der Waals surface area contributed by atoms with Crippen LogP contribution in [0.5, 0.6) is 0 Å². The number of nitrogens with two attached hydrogens (primary N) is 1. The maximum Gasteiger partial charge on any atom is 0.394 e. The lowest BCUT2D eigenvalue weighted by Gasteiger charge is -2.17. The molecule has 0 saturated heterocycles. The maximum absolute atomic E-state index is 11.8. The number of thiol groups is 1. The zero-order valence-electron chi connectivity index (χ0n) is 15.2. The average Bonchev–Trinajstić information content (AvgIpc) is 2.52. The van der Waals surface area contributed by atoms with Crippen LogP contribution in [0.15, 0.2) is 0 Å². The first-order chi connectivity index (χ1) is 12.7. The number of carboxylic acids is 1. The molecule has 2 amide bonds. The Morgan fingerprint density at radius 1 is 1.18 bits per heavy atom. The van der Waals surface area contributed by atoms with E-state index in [9.17, 15) is 19.2 Å². The van der Waals surface area contributed by atoms with Gasteiger partial charge in [0.05, 0.1) is 6.10 Å². The summed E-state index contributed by atoms with van der Waals surface area (Å²) in [6.45, 7) is 3.04. The molecular formula is C13H25N3O10S2. The van der Waals surface area contributed by atoms with E-state index in [0.717, 1.165) is 0 Å². The van der Waals surface area contributed by atoms with E-state index in [-0.39, 0.29) is 31.2 Å². The molecule has 0 spiro atoms. The molecule has 13 nitrogen and oxygen atoms in total. The summed E-state index contributed by atoms with van der Waals surface area (Å²) in [5.74, 6) is -2.89. The highest BCUT2D eigenvalue weighted by Crippen LogP contribution is 1.97. The fraction of sp³-hybridized carbons (Fsp3) is 0.692. The van der Waals surface area contributed by atoms with Crippen LogP contribution in [-0.4, -0.2) is 76.9 Å². The van der Waals surface area contributed by atoms with Crippen molar-refractivity contribution in [3.63, 3.8) is 0 Å². The molecule has 0 bridgehead atoms. The van der Waals surface area contributed by atoms with Gasteiger partial charge in [0.15, 0.2) is 0 Å². The Kier molecular flexibility index (Phi) is 14.3. The van der Waals surface area contributed by atoms with E-state index in [1.54, 1.807) is 13.8 Å². The monoisotopic (exact) mass is 447 g/mol. The van der Waals surface area contributed by atoms with Crippen molar-refractivity contribution in [3.05, 3.63) is 0 Å². The summed E-state index contributed by atoms with van der Waals surface area (Å²) in [4.78, 5) is 45.4. The van der Waals surface area contributed by atoms with E-state index in [2.05, 4.69) is 23.3 Å². The van der Waals surface area contributed by atoms with Gasteiger partial charge in [0, 0.05) is 12.2 Å². The number of carboxylic acid groups (broad SMARTS) is 1. The predicted molar refractivity (Wildman–Crippen MR) is 99.0 cm³/mol. The third-order valence-corrected chi connectivity index (χ3v) is 2.97. The highest BCUT2D eigenvalue weighted by Gasteiger charge is 2.21. The zero-order valence-corrected chi connectivity index (χ0v) is 16.9. The topological polar surface area (TPSA) is 222 Å². The Bertz CT molecular complexity index is 630. The standard InChI is InChI=1S/C13H23N3O6S.H2O4S/c1-7(2)22-11(18)5-15-12(19)9(6-23)16-10(17)4-3-8(14)13(20)21;1-5(2,3)4/h7-9,23H,3-6,14H2,1-2H3,(H,15,19)(H,16,17)(H,20,21);(H2,1,2,3,4)/t8-,9-;/m0./s1. The molecule has 0 heterocycles. The summed E-state index contributed by atoms with van der Waals surface area (Å²) < 4.78 is 36.4. The van der Waals surface area contributed by atoms with Gasteiger partial charge >= 0.3 is 22.3 Å². The normalized spacial score (nSPS) is 12.8. The second kappa shape index (κ2) is 14.1. The molecule has 2 atom stereocenters. The Balaban J connectivity index is 0. The van der Waals surface area contributed by atoms with E-state index in [1.807, 2.05) is 0 Å². The van der Waals surface area contributed by atoms with Gasteiger partial charge in [0.1, 0.15) is 18.6 Å². The van der Waals surface area contributed by atoms with Crippen molar-refractivity contribution in [2.24, 2.45) is 5.73 Å². The molecule has 15 heteroatoms. The molecule has 0 aliphatic carbocycles. The van der Waals surface area contributed by atoms with E-state index in [4.69, 9.17) is 33.1 Å². The van der Waals surface area contributed by atoms with Crippen molar-refractivity contribution in [1.82, 2.24) is 10.6 Å². The first-order valence-electron chi connectivity index (χ1n) is 7.73. The number of carbonyl (C=O) groups is 4. The summed E-state index contributed by atoms with van der Waals surface area (Å²) in [6.07, 6.45) is -0.485. The number of hydrogen-bond donors (Lipinski definition) is 7. The summed E-state index contributed by atoms with van der Waals surface area (Å²) in [5, 5.41) is 13.3. The molecule has 0 aromatic rings. The zero-order chi connectivity index (χ0) is 22.5. The van der Waals surface area contributed by atoms with Crippen LogP contribution in [0.3, 0.4) is 0 Å². The molecule has 7 N–H and O–H groups in total. The number of amides is 2. The Hall–Kier alpha value is -1.94. The van der Waals surface area contributed by atoms with Crippen molar-refractivity contribution in [3.8, 4) is 0 Å². The highest BCUT2D eigenvalue weighted by molar-refractivity contribution is 7.80. The predicted octanol–water partition coefficient (Wildman–Crippen LogP) is -1.99. The second-order valence-electron chi connectivity index (χ2n) is 5.49. The fourth-order valence-electron chi connectivity index (χ4n) is 1.46. The first-order valence-corrected chi connectivity index (χ1v) is 9.76. The molecule has 0 saturated carbocycles. The molecule has 0 unspecified atom stereocenters. The lowest BCUT2D eigenvalue weighted by Crippen LogP contribution is -2.49. The van der Waals surface area contributed by atoms with Crippen LogP contribution in [0, 0.1) is 0 Å². The van der Waals surface area contributed by atoms with Gasteiger partial charge < -0.3 is 26.2 Å². The van der Waals surface area contributed by atoms with Crippen LogP contribution >= 0.6 is 12.6 Å². The smallest absolute Gasteiger partial charge is 0.394 e. The van der Waals surface area contributed by atoms with Crippen molar-refractivity contribution >= 4 is 46.8 Å². The van der Waals surface area contributed by atoms with Gasteiger partial charge in [-0.1, -0.05) is 0 Å². The highest BCUT2D eigenvalue weighted by atomic mass is 32.3. The Morgan fingerprint density at radius 2 is 1.68 bits per heavy atom. The number of esters is 1. The number of ether oxygens (including phenoxy) is 1. The molecule has 0 radical (unpaired) electrons. The Labute approximate surface area is 167 Å². The van der Waals surface area contributed by atoms with Gasteiger partial charge in [-0.2, -0.15) is 21.0 Å². The largest absolute Gasteiger partial charge is 0.480 e. The molecule has 28 heavy (non-hydrogen) atoms. The van der Waals surface area contributed by atoms with Gasteiger partial charge in [0.25, 0.3) is 0 Å². The molecule has 0 rings (SSSR count). The summed E-state index contributed by atoms with van der Waals surface area (Å²) in [6, 6.07) is -2.09. The summed E-state index contributed by atoms with van der Waals surface area (Å²) in [7, 11) is -4.67. The first kappa shape index (κ1) is 28.3. The minimum atomic E-state index is -4.67. The van der Waals surface area contributed by atoms with Crippen molar-refractivity contribution in [2.75, 3.05) is 12.3 Å². The minimum absolute atomic E-state index is 0.0157. The quantitative estimate of drug-likeness (QED) is 0.110. The van der Waals surface area contributed by atoms with Crippen molar-refractivity contribution in [2.45, 2.75) is 44.9 Å². The van der Waals surface area contributed by atoms with Crippen LogP contribution < -0.4 is 16.4 Å². The number of hydrogen-bond acceptors (Lipinski definition) is 9. The maximum atomic E-state index is 11.8. The second-order valence-corrected chi connectivity index (χ2v) is 6.75. The third kappa shape index (κ3) is 18.8. The van der Waals surface area contributed by atoms with Crippen LogP contribution in [0.4, 0.5) is 0 Å². The van der Waals surface area contributed by atoms with Crippen LogP contribution in [0.1, 0.15) is 26.7 Å². The SMILES string of the molecule is CC(C)OC(=O)CNC(=O)[C@H](CS)NC(=O)CC[C@H](N)C(=O)O.O=S(=O)(O)O. The summed E-state index contributed by atoms with van der Waals surface area (Å²) in [5.41, 5.74) is 5.28. The molecule has 0 aromatic carbocycles. The number of carbonyl (C=O) groups excluding carboxylic acids is 3. The van der Waals surface area contributed by atoms with E-state index >= 15 is 0 Å². The van der Waals surface area contributed by atoms with Crippen LogP contribution in [-0.2, 0) is 34.3 Å². The van der Waals surface area contributed by atoms with E-state index in [0.29, 0.717) is 0 Å². The molecule has 0 aliphatic heterocycles. The van der Waals surface area contributed by atoms with Crippen molar-refractivity contribution < 1.29 is 46.5 Å². The molecule has 0 aromatic heterocycles. The number of aliphatic carboxylic acids is 1. The number of nitrogens with one attached hydrogen (secondary N) is 2. The van der Waals surface area contributed by atoms with Gasteiger partial charge in [-0.15, -0.1) is 0 Å². The van der Waals surface area contributed by atoms with Crippen molar-refractivity contribution in [1.29, 1.82) is 0 Å². The molecule has 0 aliphatic rings. The van der Waals surface area contributed by atoms with E-state index < -0.39 is 46.2 Å². The third-order valence-electron chi connectivity index (χ3n) is 2.61. The number of rotatable bonds is 10. The van der Waals surface area contributed by atoms with E-state index in [1.165, 1.54) is 0 Å². The van der Waals surface area contributed by atoms with Gasteiger partial charge in [-0.25, -0.2) is 0 Å². The minimum Gasteiger partial charge on any atom is -0.480 e. The lowest BCUT2D eigenvalue weighted by atomic mass is 10.1. The average molecular weight is 447 g/mol.